The highest BCUT2D eigenvalue weighted by atomic mass is 16.1. The van der Waals surface area contributed by atoms with E-state index in [0.29, 0.717) is 0 Å². The molecule has 0 heterocycles. The molecule has 0 rings (SSSR count). The van der Waals surface area contributed by atoms with Crippen molar-refractivity contribution in [1.82, 2.24) is 0 Å². The van der Waals surface area contributed by atoms with Gasteiger partial charge in [0.2, 0.25) is 6.29 Å². The summed E-state index contributed by atoms with van der Waals surface area (Å²) in [5, 5.41) is 0. The van der Waals surface area contributed by atoms with Gasteiger partial charge in [-0.05, 0) is 18.9 Å². The van der Waals surface area contributed by atoms with Crippen molar-refractivity contribution in [3.05, 3.63) is 24.3 Å². The molecule has 0 spiro atoms. The molecule has 0 aromatic heterocycles. The van der Waals surface area contributed by atoms with Crippen LogP contribution in [-0.2, 0) is 4.79 Å². The summed E-state index contributed by atoms with van der Waals surface area (Å²) < 4.78 is 0. The van der Waals surface area contributed by atoms with Crippen LogP contribution in [0.3, 0.4) is 0 Å². The smallest absolute Gasteiger partial charge is 0.225 e. The number of rotatable bonds is 4. The Morgan fingerprint density at radius 1 is 1.33 bits per heavy atom. The first kappa shape index (κ1) is 8.15. The van der Waals surface area contributed by atoms with E-state index in [1.165, 1.54) is 6.08 Å². The molecule has 1 heteroatoms. The minimum atomic E-state index is 0.836. The van der Waals surface area contributed by atoms with Crippen LogP contribution in [0.2, 0.25) is 0 Å². The zero-order valence-corrected chi connectivity index (χ0v) is 5.63. The van der Waals surface area contributed by atoms with Crippen LogP contribution in [-0.4, -0.2) is 6.29 Å². The second-order valence-electron chi connectivity index (χ2n) is 1.64. The lowest BCUT2D eigenvalue weighted by Crippen LogP contribution is -1.60. The van der Waals surface area contributed by atoms with Crippen LogP contribution in [0.25, 0.3) is 0 Å². The molecule has 0 saturated carbocycles. The molecule has 1 nitrogen and oxygen atoms in total. The van der Waals surface area contributed by atoms with Gasteiger partial charge >= 0.3 is 0 Å². The molecule has 0 bridgehead atoms. The van der Waals surface area contributed by atoms with Crippen molar-refractivity contribution in [3.63, 3.8) is 0 Å². The summed E-state index contributed by atoms with van der Waals surface area (Å²) >= 11 is 0. The molecule has 0 aliphatic rings. The summed E-state index contributed by atoms with van der Waals surface area (Å²) in [6.45, 7) is 2.08. The van der Waals surface area contributed by atoms with Crippen molar-refractivity contribution in [1.29, 1.82) is 0 Å². The first-order valence-corrected chi connectivity index (χ1v) is 3.09. The molecule has 0 saturated heterocycles. The highest BCUT2D eigenvalue weighted by molar-refractivity contribution is 5.65. The molecular weight excluding hydrogens is 112 g/mol. The minimum absolute atomic E-state index is 0.836. The Morgan fingerprint density at radius 2 is 2.11 bits per heavy atom. The monoisotopic (exact) mass is 123 g/mol. The van der Waals surface area contributed by atoms with E-state index in [2.05, 4.69) is 13.0 Å². The lowest BCUT2D eigenvalue weighted by molar-refractivity contribution is 0.564. The van der Waals surface area contributed by atoms with Gasteiger partial charge in [-0.15, -0.1) is 0 Å². The highest BCUT2D eigenvalue weighted by Gasteiger charge is 1.68. The summed E-state index contributed by atoms with van der Waals surface area (Å²) in [5.41, 5.74) is 0. The van der Waals surface area contributed by atoms with E-state index in [-0.39, 0.29) is 0 Å². The second-order valence-corrected chi connectivity index (χ2v) is 1.64. The fraction of sp³-hybridized carbons (Fsp3) is 0.375. The van der Waals surface area contributed by atoms with Crippen molar-refractivity contribution >= 4 is 6.29 Å². The number of allylic oxidation sites excluding steroid dienone is 4. The van der Waals surface area contributed by atoms with E-state index in [0.717, 1.165) is 12.8 Å². The van der Waals surface area contributed by atoms with Gasteiger partial charge < -0.3 is 0 Å². The molecule has 0 fully saturated rings. The minimum Gasteiger partial charge on any atom is -0.286 e. The third-order valence-corrected chi connectivity index (χ3v) is 0.860. The molecule has 0 aliphatic carbocycles. The van der Waals surface area contributed by atoms with Gasteiger partial charge in [-0.1, -0.05) is 25.2 Å². The molecule has 0 unspecified atom stereocenters. The van der Waals surface area contributed by atoms with E-state index in [9.17, 15) is 4.79 Å². The van der Waals surface area contributed by atoms with Crippen molar-refractivity contribution in [2.75, 3.05) is 0 Å². The predicted octanol–water partition coefficient (Wildman–Crippen LogP) is 2.01. The van der Waals surface area contributed by atoms with Gasteiger partial charge in [0.05, 0.1) is 0 Å². The molecule has 0 amide bonds. The van der Waals surface area contributed by atoms with Crippen molar-refractivity contribution in [2.45, 2.75) is 19.8 Å². The Labute approximate surface area is 56.1 Å². The third-order valence-electron chi connectivity index (χ3n) is 0.860. The van der Waals surface area contributed by atoms with E-state index >= 15 is 0 Å². The largest absolute Gasteiger partial charge is 0.286 e. The lowest BCUT2D eigenvalue weighted by atomic mass is 10.3. The molecule has 9 heavy (non-hydrogen) atoms. The van der Waals surface area contributed by atoms with E-state index in [1.807, 2.05) is 6.08 Å². The lowest BCUT2D eigenvalue weighted by Gasteiger charge is -1.76. The maximum absolute atomic E-state index is 9.60. The Kier molecular flexibility index (Phi) is 6.47. The van der Waals surface area contributed by atoms with Crippen molar-refractivity contribution in [3.8, 4) is 0 Å². The van der Waals surface area contributed by atoms with Crippen LogP contribution in [0.15, 0.2) is 24.3 Å². The van der Waals surface area contributed by atoms with Gasteiger partial charge in [0.1, 0.15) is 0 Å². The highest BCUT2D eigenvalue weighted by Crippen LogP contribution is 1.86. The molecular formula is C8H11O. The molecule has 0 aliphatic heterocycles. The molecule has 0 aromatic carbocycles. The van der Waals surface area contributed by atoms with E-state index in [1.54, 1.807) is 12.4 Å². The number of hydrogen-bond acceptors (Lipinski definition) is 1. The summed E-state index contributed by atoms with van der Waals surface area (Å²) in [7, 11) is 0. The first-order chi connectivity index (χ1) is 4.41. The van der Waals surface area contributed by atoms with Gasteiger partial charge in [-0.2, -0.15) is 0 Å². The topological polar surface area (TPSA) is 17.1 Å². The summed E-state index contributed by atoms with van der Waals surface area (Å²) in [6, 6.07) is 0. The van der Waals surface area contributed by atoms with Crippen LogP contribution in [0.4, 0.5) is 0 Å². The predicted molar refractivity (Wildman–Crippen MR) is 38.9 cm³/mol. The van der Waals surface area contributed by atoms with Crippen LogP contribution in [0.5, 0.6) is 0 Å². The van der Waals surface area contributed by atoms with Gasteiger partial charge in [-0.3, -0.25) is 4.79 Å². The van der Waals surface area contributed by atoms with Crippen LogP contribution in [0, 0.1) is 0 Å². The fourth-order valence-corrected chi connectivity index (χ4v) is 0.458. The Balaban J connectivity index is 3.17. The third kappa shape index (κ3) is 7.15. The average molecular weight is 123 g/mol. The fourth-order valence-electron chi connectivity index (χ4n) is 0.458. The Morgan fingerprint density at radius 3 is 2.67 bits per heavy atom. The normalized spacial score (nSPS) is 11.2. The summed E-state index contributed by atoms with van der Waals surface area (Å²) in [4.78, 5) is 9.60. The zero-order chi connectivity index (χ0) is 6.95. The molecule has 1 radical (unpaired) electrons. The molecule has 0 N–H and O–H groups in total. The van der Waals surface area contributed by atoms with Gasteiger partial charge in [-0.25, -0.2) is 0 Å². The van der Waals surface area contributed by atoms with Crippen LogP contribution < -0.4 is 0 Å². The maximum atomic E-state index is 9.60. The number of carbonyl (C=O) groups excluding carboxylic acids is 1. The van der Waals surface area contributed by atoms with E-state index in [4.69, 9.17) is 0 Å². The van der Waals surface area contributed by atoms with Crippen molar-refractivity contribution < 1.29 is 4.79 Å². The molecule has 0 aromatic rings. The molecule has 0 atom stereocenters. The first-order valence-electron chi connectivity index (χ1n) is 3.09. The zero-order valence-electron chi connectivity index (χ0n) is 5.63. The Bertz CT molecular complexity index is 112. The van der Waals surface area contributed by atoms with Gasteiger partial charge in [0, 0.05) is 0 Å². The van der Waals surface area contributed by atoms with Crippen LogP contribution >= 0.6 is 0 Å². The number of hydrogen-bond donors (Lipinski definition) is 0. The van der Waals surface area contributed by atoms with Gasteiger partial charge in [0.25, 0.3) is 0 Å². The van der Waals surface area contributed by atoms with Crippen molar-refractivity contribution in [2.24, 2.45) is 0 Å². The SMILES string of the molecule is CC/C=C/C/C=C/[C]=O. The second kappa shape index (κ2) is 7.15. The Hall–Kier alpha value is -0.850. The van der Waals surface area contributed by atoms with E-state index < -0.39 is 0 Å². The standard InChI is InChI=1S/C8H11O/c1-2-3-4-5-6-7-8-9/h3-4,6-7H,2,5H2,1H3/b4-3+,7-6+. The van der Waals surface area contributed by atoms with Gasteiger partial charge in [0.15, 0.2) is 0 Å². The molecule has 49 valence electrons. The summed E-state index contributed by atoms with van der Waals surface area (Å²) in [6.07, 6.45) is 10.8. The quantitative estimate of drug-likeness (QED) is 0.413. The average Bonchev–Trinajstić information content (AvgIpc) is 1.89. The summed E-state index contributed by atoms with van der Waals surface area (Å²) in [5.74, 6) is 0. The maximum Gasteiger partial charge on any atom is 0.225 e. The van der Waals surface area contributed by atoms with Crippen LogP contribution in [0.1, 0.15) is 19.8 Å².